The van der Waals surface area contributed by atoms with E-state index >= 15 is 0 Å². The predicted octanol–water partition coefficient (Wildman–Crippen LogP) is 2.64. The van der Waals surface area contributed by atoms with Crippen molar-refractivity contribution < 1.29 is 19.4 Å². The van der Waals surface area contributed by atoms with E-state index in [0.717, 1.165) is 12.0 Å². The molecule has 2 rings (SSSR count). The minimum absolute atomic E-state index is 0.175. The first kappa shape index (κ1) is 17.5. The number of ether oxygens (including phenoxy) is 1. The summed E-state index contributed by atoms with van der Waals surface area (Å²) in [6, 6.07) is 7.24. The van der Waals surface area contributed by atoms with Crippen molar-refractivity contribution in [1.29, 1.82) is 0 Å². The van der Waals surface area contributed by atoms with Gasteiger partial charge in [0.15, 0.2) is 0 Å². The van der Waals surface area contributed by atoms with Crippen LogP contribution in [-0.2, 0) is 16.0 Å². The van der Waals surface area contributed by atoms with E-state index in [1.165, 1.54) is 0 Å². The number of carboxylic acids is 1. The minimum Gasteiger partial charge on any atom is -0.479 e. The number of carbonyl (C=O) groups excluding carboxylic acids is 1. The lowest BCUT2D eigenvalue weighted by Crippen LogP contribution is -2.76. The lowest BCUT2D eigenvalue weighted by atomic mass is 9.54. The van der Waals surface area contributed by atoms with Gasteiger partial charge in [0.25, 0.3) is 5.91 Å². The molecule has 1 fully saturated rings. The number of carboxylic acid groups (broad SMARTS) is 1. The molecule has 0 heterocycles. The summed E-state index contributed by atoms with van der Waals surface area (Å²) < 4.78 is 5.60. The van der Waals surface area contributed by atoms with Gasteiger partial charge in [-0.2, -0.15) is 0 Å². The normalized spacial score (nSPS) is 25.5. The Morgan fingerprint density at radius 1 is 1.26 bits per heavy atom. The molecule has 2 unspecified atom stereocenters. The van der Waals surface area contributed by atoms with Gasteiger partial charge in [0.05, 0.1) is 6.10 Å². The molecule has 1 aliphatic carbocycles. The van der Waals surface area contributed by atoms with Crippen molar-refractivity contribution in [2.24, 2.45) is 5.41 Å². The molecule has 23 heavy (non-hydrogen) atoms. The molecule has 1 aromatic rings. The molecule has 5 heteroatoms. The molecule has 1 saturated carbocycles. The molecule has 2 atom stereocenters. The van der Waals surface area contributed by atoms with Gasteiger partial charge < -0.3 is 15.2 Å². The first-order valence-electron chi connectivity index (χ1n) is 8.05. The molecule has 0 bridgehead atoms. The first-order chi connectivity index (χ1) is 10.8. The molecule has 1 amide bonds. The monoisotopic (exact) mass is 319 g/mol. The minimum atomic E-state index is -1.30. The largest absolute Gasteiger partial charge is 0.479 e. The summed E-state index contributed by atoms with van der Waals surface area (Å²) in [6.07, 6.45) is 0.998. The van der Waals surface area contributed by atoms with Crippen LogP contribution < -0.4 is 5.32 Å². The van der Waals surface area contributed by atoms with Crippen LogP contribution in [0.4, 0.5) is 0 Å². The Morgan fingerprint density at radius 3 is 2.30 bits per heavy atom. The summed E-state index contributed by atoms with van der Waals surface area (Å²) in [7, 11) is 0. The standard InChI is InChI=1S/C18H25NO4/c1-5-12-7-9-13(10-8-12)15(20)19-18(16(21)22)11-14(23-6-2)17(18,3)4/h7-10,14H,5-6,11H2,1-4H3,(H,19,20)(H,21,22). The molecule has 0 spiro atoms. The fourth-order valence-electron chi connectivity index (χ4n) is 3.19. The van der Waals surface area contributed by atoms with E-state index in [4.69, 9.17) is 4.74 Å². The van der Waals surface area contributed by atoms with Gasteiger partial charge in [-0.1, -0.05) is 32.9 Å². The highest BCUT2D eigenvalue weighted by Crippen LogP contribution is 2.51. The van der Waals surface area contributed by atoms with Crippen molar-refractivity contribution in [3.63, 3.8) is 0 Å². The zero-order valence-corrected chi connectivity index (χ0v) is 14.2. The van der Waals surface area contributed by atoms with Gasteiger partial charge in [0.1, 0.15) is 5.54 Å². The molecular weight excluding hydrogens is 294 g/mol. The number of rotatable bonds is 6. The van der Waals surface area contributed by atoms with Crippen molar-refractivity contribution in [2.75, 3.05) is 6.61 Å². The van der Waals surface area contributed by atoms with E-state index < -0.39 is 16.9 Å². The van der Waals surface area contributed by atoms with Crippen LogP contribution in [0.5, 0.6) is 0 Å². The van der Waals surface area contributed by atoms with E-state index in [9.17, 15) is 14.7 Å². The van der Waals surface area contributed by atoms with Gasteiger partial charge in [-0.3, -0.25) is 4.79 Å². The summed E-state index contributed by atoms with van der Waals surface area (Å²) in [6.45, 7) is 8.09. The average Bonchev–Trinajstić information content (AvgIpc) is 2.53. The van der Waals surface area contributed by atoms with Crippen molar-refractivity contribution in [3.8, 4) is 0 Å². The van der Waals surface area contributed by atoms with Crippen LogP contribution in [0.2, 0.25) is 0 Å². The molecule has 2 N–H and O–H groups in total. The number of nitrogens with one attached hydrogen (secondary N) is 1. The van der Waals surface area contributed by atoms with E-state index in [1.54, 1.807) is 12.1 Å². The number of benzene rings is 1. The van der Waals surface area contributed by atoms with Crippen LogP contribution in [0.3, 0.4) is 0 Å². The molecule has 0 aliphatic heterocycles. The maximum absolute atomic E-state index is 12.5. The Hall–Kier alpha value is -1.88. The fraction of sp³-hybridized carbons (Fsp3) is 0.556. The Labute approximate surface area is 137 Å². The number of hydrogen-bond acceptors (Lipinski definition) is 3. The van der Waals surface area contributed by atoms with E-state index in [-0.39, 0.29) is 18.4 Å². The predicted molar refractivity (Wildman–Crippen MR) is 87.5 cm³/mol. The maximum Gasteiger partial charge on any atom is 0.330 e. The maximum atomic E-state index is 12.5. The molecular formula is C18H25NO4. The number of amides is 1. The second-order valence-electron chi connectivity index (χ2n) is 6.58. The number of aliphatic carboxylic acids is 1. The summed E-state index contributed by atoms with van der Waals surface area (Å²) in [4.78, 5) is 24.4. The van der Waals surface area contributed by atoms with Gasteiger partial charge in [0, 0.05) is 24.0 Å². The molecule has 126 valence electrons. The third-order valence-electron chi connectivity index (χ3n) is 5.08. The third kappa shape index (κ3) is 2.85. The highest BCUT2D eigenvalue weighted by atomic mass is 16.5. The van der Waals surface area contributed by atoms with Crippen molar-refractivity contribution in [1.82, 2.24) is 5.32 Å². The lowest BCUT2D eigenvalue weighted by molar-refractivity contribution is -0.190. The highest BCUT2D eigenvalue weighted by Gasteiger charge is 2.66. The van der Waals surface area contributed by atoms with Crippen LogP contribution in [0.1, 0.15) is 50.0 Å². The average molecular weight is 319 g/mol. The number of hydrogen-bond donors (Lipinski definition) is 2. The molecule has 5 nitrogen and oxygen atoms in total. The van der Waals surface area contributed by atoms with Crippen molar-refractivity contribution >= 4 is 11.9 Å². The smallest absolute Gasteiger partial charge is 0.330 e. The second-order valence-corrected chi connectivity index (χ2v) is 6.58. The van der Waals surface area contributed by atoms with Gasteiger partial charge in [-0.15, -0.1) is 0 Å². The van der Waals surface area contributed by atoms with Crippen molar-refractivity contribution in [3.05, 3.63) is 35.4 Å². The fourth-order valence-corrected chi connectivity index (χ4v) is 3.19. The molecule has 1 aromatic carbocycles. The number of aryl methyl sites for hydroxylation is 1. The van der Waals surface area contributed by atoms with Crippen LogP contribution >= 0.6 is 0 Å². The topological polar surface area (TPSA) is 75.6 Å². The van der Waals surface area contributed by atoms with Crippen LogP contribution in [-0.4, -0.2) is 35.2 Å². The van der Waals surface area contributed by atoms with Crippen LogP contribution in [0.15, 0.2) is 24.3 Å². The van der Waals surface area contributed by atoms with E-state index in [1.807, 2.05) is 39.8 Å². The summed E-state index contributed by atoms with van der Waals surface area (Å²) in [5, 5.41) is 12.5. The van der Waals surface area contributed by atoms with E-state index in [0.29, 0.717) is 12.2 Å². The first-order valence-corrected chi connectivity index (χ1v) is 8.05. The Morgan fingerprint density at radius 2 is 1.87 bits per heavy atom. The Balaban J connectivity index is 2.20. The van der Waals surface area contributed by atoms with Gasteiger partial charge in [-0.05, 0) is 31.0 Å². The molecule has 0 radical (unpaired) electrons. The SMILES string of the molecule is CCOC1CC(NC(=O)c2ccc(CC)cc2)(C(=O)O)C1(C)C. The molecule has 0 aromatic heterocycles. The van der Waals surface area contributed by atoms with Gasteiger partial charge >= 0.3 is 5.97 Å². The van der Waals surface area contributed by atoms with Gasteiger partial charge in [-0.25, -0.2) is 4.79 Å². The summed E-state index contributed by atoms with van der Waals surface area (Å²) in [5.41, 5.74) is -0.366. The summed E-state index contributed by atoms with van der Waals surface area (Å²) >= 11 is 0. The molecule has 1 aliphatic rings. The second kappa shape index (κ2) is 6.32. The van der Waals surface area contributed by atoms with Gasteiger partial charge in [0.2, 0.25) is 0 Å². The molecule has 0 saturated heterocycles. The lowest BCUT2D eigenvalue weighted by Gasteiger charge is -2.58. The van der Waals surface area contributed by atoms with Crippen molar-refractivity contribution in [2.45, 2.75) is 52.2 Å². The zero-order valence-electron chi connectivity index (χ0n) is 14.2. The van der Waals surface area contributed by atoms with Crippen LogP contribution in [0, 0.1) is 5.41 Å². The Bertz CT molecular complexity index is 594. The van der Waals surface area contributed by atoms with E-state index in [2.05, 4.69) is 5.32 Å². The Kier molecular flexibility index (Phi) is 4.80. The third-order valence-corrected chi connectivity index (χ3v) is 5.08. The number of carbonyl (C=O) groups is 2. The summed E-state index contributed by atoms with van der Waals surface area (Å²) in [5.74, 6) is -1.38. The quantitative estimate of drug-likeness (QED) is 0.845. The zero-order chi connectivity index (χ0) is 17.3. The van der Waals surface area contributed by atoms with Crippen LogP contribution in [0.25, 0.3) is 0 Å². The highest BCUT2D eigenvalue weighted by molar-refractivity contribution is 5.98.